The number of hydrogen-bond acceptors (Lipinski definition) is 5. The third-order valence-corrected chi connectivity index (χ3v) is 3.82. The lowest BCUT2D eigenvalue weighted by atomic mass is 10.1. The average Bonchev–Trinajstić information content (AvgIpc) is 3.01. The molecule has 1 aliphatic rings. The largest absolute Gasteiger partial charge is 0.389 e. The summed E-state index contributed by atoms with van der Waals surface area (Å²) in [6, 6.07) is 4.04. The standard InChI is InChI=1S/C13H21NO3S/c15-12(7-14-6-11-3-4-16-8-11)9-17-10-13-2-1-5-18-13/h1-2,5,11-12,14-15H,3-4,6-10H2. The van der Waals surface area contributed by atoms with Crippen molar-refractivity contribution in [2.75, 3.05) is 32.9 Å². The number of nitrogens with one attached hydrogen (secondary N) is 1. The minimum absolute atomic E-state index is 0.381. The van der Waals surface area contributed by atoms with Crippen LogP contribution in [0, 0.1) is 5.92 Å². The van der Waals surface area contributed by atoms with Crippen molar-refractivity contribution in [2.45, 2.75) is 19.1 Å². The zero-order valence-electron chi connectivity index (χ0n) is 10.5. The first-order valence-corrected chi connectivity index (χ1v) is 7.29. The lowest BCUT2D eigenvalue weighted by molar-refractivity contribution is 0.0294. The highest BCUT2D eigenvalue weighted by molar-refractivity contribution is 7.09. The number of thiophene rings is 1. The van der Waals surface area contributed by atoms with Crippen LogP contribution in [-0.2, 0) is 16.1 Å². The number of aliphatic hydroxyl groups is 1. The maximum Gasteiger partial charge on any atom is 0.0897 e. The van der Waals surface area contributed by atoms with E-state index in [0.29, 0.717) is 25.7 Å². The molecular weight excluding hydrogens is 250 g/mol. The summed E-state index contributed by atoms with van der Waals surface area (Å²) >= 11 is 1.67. The highest BCUT2D eigenvalue weighted by Gasteiger charge is 2.15. The van der Waals surface area contributed by atoms with Gasteiger partial charge in [-0.05, 0) is 23.8 Å². The number of ether oxygens (including phenoxy) is 2. The predicted octanol–water partition coefficient (Wildman–Crippen LogP) is 1.25. The van der Waals surface area contributed by atoms with Crippen molar-refractivity contribution in [3.63, 3.8) is 0 Å². The Bertz CT molecular complexity index is 312. The highest BCUT2D eigenvalue weighted by Crippen LogP contribution is 2.11. The first-order valence-electron chi connectivity index (χ1n) is 6.41. The Morgan fingerprint density at radius 1 is 1.61 bits per heavy atom. The van der Waals surface area contributed by atoms with Crippen molar-refractivity contribution in [2.24, 2.45) is 5.92 Å². The summed E-state index contributed by atoms with van der Waals surface area (Å²) in [5.74, 6) is 0.601. The van der Waals surface area contributed by atoms with Gasteiger partial charge >= 0.3 is 0 Å². The van der Waals surface area contributed by atoms with Gasteiger partial charge in [-0.2, -0.15) is 0 Å². The SMILES string of the molecule is OC(CNCC1CCOC1)COCc1cccs1. The molecule has 0 bridgehead atoms. The van der Waals surface area contributed by atoms with Crippen LogP contribution < -0.4 is 5.32 Å². The minimum Gasteiger partial charge on any atom is -0.389 e. The van der Waals surface area contributed by atoms with Gasteiger partial charge in [-0.1, -0.05) is 6.07 Å². The molecular formula is C13H21NO3S. The third kappa shape index (κ3) is 5.04. The molecule has 1 aliphatic heterocycles. The maximum absolute atomic E-state index is 9.74. The Kier molecular flexibility index (Phi) is 6.10. The van der Waals surface area contributed by atoms with Gasteiger partial charge in [-0.15, -0.1) is 11.3 Å². The molecule has 0 radical (unpaired) electrons. The molecule has 5 heteroatoms. The van der Waals surface area contributed by atoms with E-state index < -0.39 is 6.10 Å². The van der Waals surface area contributed by atoms with Crippen LogP contribution in [-0.4, -0.2) is 44.1 Å². The van der Waals surface area contributed by atoms with E-state index in [9.17, 15) is 5.11 Å². The molecule has 18 heavy (non-hydrogen) atoms. The zero-order chi connectivity index (χ0) is 12.6. The van der Waals surface area contributed by atoms with Crippen LogP contribution in [0.4, 0.5) is 0 Å². The van der Waals surface area contributed by atoms with Gasteiger partial charge in [0.2, 0.25) is 0 Å². The molecule has 1 aromatic heterocycles. The second-order valence-electron chi connectivity index (χ2n) is 4.64. The van der Waals surface area contributed by atoms with E-state index in [-0.39, 0.29) is 0 Å². The molecule has 0 aliphatic carbocycles. The summed E-state index contributed by atoms with van der Waals surface area (Å²) in [7, 11) is 0. The number of aliphatic hydroxyl groups excluding tert-OH is 1. The van der Waals surface area contributed by atoms with Gasteiger partial charge in [-0.25, -0.2) is 0 Å². The van der Waals surface area contributed by atoms with Gasteiger partial charge in [0.25, 0.3) is 0 Å². The van der Waals surface area contributed by atoms with E-state index in [0.717, 1.165) is 26.2 Å². The quantitative estimate of drug-likeness (QED) is 0.747. The minimum atomic E-state index is -0.438. The Balaban J connectivity index is 1.48. The molecule has 0 aromatic carbocycles. The number of rotatable bonds is 8. The van der Waals surface area contributed by atoms with Gasteiger partial charge in [0, 0.05) is 24.6 Å². The molecule has 2 unspecified atom stereocenters. The summed E-state index contributed by atoms with van der Waals surface area (Å²) < 4.78 is 10.8. The molecule has 0 amide bonds. The molecule has 2 heterocycles. The van der Waals surface area contributed by atoms with Crippen molar-refractivity contribution in [1.29, 1.82) is 0 Å². The van der Waals surface area contributed by atoms with Crippen LogP contribution in [0.25, 0.3) is 0 Å². The topological polar surface area (TPSA) is 50.7 Å². The van der Waals surface area contributed by atoms with Gasteiger partial charge in [0.1, 0.15) is 0 Å². The fourth-order valence-corrected chi connectivity index (χ4v) is 2.59. The summed E-state index contributed by atoms with van der Waals surface area (Å²) in [4.78, 5) is 1.19. The normalized spacial score (nSPS) is 21.3. The van der Waals surface area contributed by atoms with Gasteiger partial charge in [0.05, 0.1) is 25.9 Å². The molecule has 1 aromatic rings. The van der Waals surface area contributed by atoms with E-state index in [1.54, 1.807) is 11.3 Å². The van der Waals surface area contributed by atoms with Crippen LogP contribution in [0.3, 0.4) is 0 Å². The van der Waals surface area contributed by atoms with Crippen LogP contribution in [0.5, 0.6) is 0 Å². The lowest BCUT2D eigenvalue weighted by Crippen LogP contribution is -2.33. The third-order valence-electron chi connectivity index (χ3n) is 2.97. The molecule has 2 atom stereocenters. The van der Waals surface area contributed by atoms with Gasteiger partial charge in [0.15, 0.2) is 0 Å². The molecule has 0 spiro atoms. The number of hydrogen-bond donors (Lipinski definition) is 2. The molecule has 1 saturated heterocycles. The average molecular weight is 271 g/mol. The van der Waals surface area contributed by atoms with Crippen LogP contribution in [0.15, 0.2) is 17.5 Å². The fourth-order valence-electron chi connectivity index (χ4n) is 1.95. The van der Waals surface area contributed by atoms with Gasteiger partial charge < -0.3 is 19.9 Å². The van der Waals surface area contributed by atoms with Crippen molar-refractivity contribution in [3.8, 4) is 0 Å². The summed E-state index contributed by atoms with van der Waals surface area (Å²) in [5.41, 5.74) is 0. The molecule has 2 rings (SSSR count). The predicted molar refractivity (Wildman–Crippen MR) is 71.8 cm³/mol. The summed E-state index contributed by atoms with van der Waals surface area (Å²) in [6.45, 7) is 4.19. The second-order valence-corrected chi connectivity index (χ2v) is 5.67. The van der Waals surface area contributed by atoms with Crippen LogP contribution in [0.1, 0.15) is 11.3 Å². The molecule has 102 valence electrons. The van der Waals surface area contributed by atoms with Crippen molar-refractivity contribution < 1.29 is 14.6 Å². The fraction of sp³-hybridized carbons (Fsp3) is 0.692. The molecule has 1 fully saturated rings. The highest BCUT2D eigenvalue weighted by atomic mass is 32.1. The molecule has 2 N–H and O–H groups in total. The Labute approximate surface area is 112 Å². The van der Waals surface area contributed by atoms with E-state index >= 15 is 0 Å². The second kappa shape index (κ2) is 7.86. The van der Waals surface area contributed by atoms with E-state index in [1.165, 1.54) is 4.88 Å². The molecule has 4 nitrogen and oxygen atoms in total. The van der Waals surface area contributed by atoms with Crippen molar-refractivity contribution in [3.05, 3.63) is 22.4 Å². The lowest BCUT2D eigenvalue weighted by Gasteiger charge is -2.14. The monoisotopic (exact) mass is 271 g/mol. The van der Waals surface area contributed by atoms with Crippen LogP contribution >= 0.6 is 11.3 Å². The van der Waals surface area contributed by atoms with E-state index in [2.05, 4.69) is 5.32 Å². The Hall–Kier alpha value is -0.460. The van der Waals surface area contributed by atoms with Gasteiger partial charge in [-0.3, -0.25) is 0 Å². The maximum atomic E-state index is 9.74. The smallest absolute Gasteiger partial charge is 0.0897 e. The Morgan fingerprint density at radius 3 is 3.28 bits per heavy atom. The van der Waals surface area contributed by atoms with Crippen LogP contribution in [0.2, 0.25) is 0 Å². The Morgan fingerprint density at radius 2 is 2.56 bits per heavy atom. The first-order chi connectivity index (χ1) is 8.84. The van der Waals surface area contributed by atoms with E-state index in [4.69, 9.17) is 9.47 Å². The summed E-state index contributed by atoms with van der Waals surface area (Å²) in [6.07, 6.45) is 0.685. The summed E-state index contributed by atoms with van der Waals surface area (Å²) in [5, 5.41) is 15.0. The van der Waals surface area contributed by atoms with E-state index in [1.807, 2.05) is 17.5 Å². The molecule has 0 saturated carbocycles. The zero-order valence-corrected chi connectivity index (χ0v) is 11.3. The van der Waals surface area contributed by atoms with Crippen molar-refractivity contribution >= 4 is 11.3 Å². The van der Waals surface area contributed by atoms with Crippen molar-refractivity contribution in [1.82, 2.24) is 5.32 Å². The first kappa shape index (κ1) is 14.0.